The molecule has 1 N–H and O–H groups in total. The molecule has 0 heterocycles. The molecule has 1 aromatic carbocycles. The first-order valence-corrected chi connectivity index (χ1v) is 7.32. The molecule has 0 spiro atoms. The molecule has 0 radical (unpaired) electrons. The van der Waals surface area contributed by atoms with Crippen LogP contribution in [0.1, 0.15) is 68.6 Å². The minimum Gasteiger partial charge on any atom is -0.352 e. The van der Waals surface area contributed by atoms with Crippen molar-refractivity contribution in [3.63, 3.8) is 0 Å². The molecule has 20 heavy (non-hydrogen) atoms. The summed E-state index contributed by atoms with van der Waals surface area (Å²) in [6.45, 7) is 17.7. The van der Waals surface area contributed by atoms with Crippen LogP contribution in [0.3, 0.4) is 0 Å². The van der Waals surface area contributed by atoms with E-state index in [2.05, 4.69) is 65.9 Å². The Morgan fingerprint density at radius 1 is 1.00 bits per heavy atom. The van der Waals surface area contributed by atoms with Crippen LogP contribution in [-0.2, 0) is 5.41 Å². The van der Waals surface area contributed by atoms with Crippen molar-refractivity contribution in [2.45, 2.75) is 60.8 Å². The highest BCUT2D eigenvalue weighted by Crippen LogP contribution is 2.28. The second-order valence-corrected chi connectivity index (χ2v) is 7.98. The van der Waals surface area contributed by atoms with Crippen molar-refractivity contribution in [3.8, 4) is 0 Å². The molecule has 112 valence electrons. The number of benzene rings is 1. The molecule has 0 saturated heterocycles. The van der Waals surface area contributed by atoms with Crippen LogP contribution in [0.25, 0.3) is 0 Å². The van der Waals surface area contributed by atoms with E-state index < -0.39 is 0 Å². The molecule has 0 aromatic heterocycles. The Labute approximate surface area is 124 Å². The molecule has 0 unspecified atom stereocenters. The van der Waals surface area contributed by atoms with Gasteiger partial charge in [0.15, 0.2) is 0 Å². The van der Waals surface area contributed by atoms with Gasteiger partial charge in [0.05, 0.1) is 0 Å². The summed E-state index contributed by atoms with van der Waals surface area (Å²) < 4.78 is 0. The van der Waals surface area contributed by atoms with Gasteiger partial charge in [-0.15, -0.1) is 0 Å². The summed E-state index contributed by atoms with van der Waals surface area (Å²) in [5, 5.41) is 3.04. The molecule has 0 bridgehead atoms. The Bertz CT molecular complexity index is 501. The van der Waals surface area contributed by atoms with E-state index in [4.69, 9.17) is 0 Å². The molecular formula is C18H29NO. The molecule has 0 aliphatic carbocycles. The molecule has 0 aliphatic heterocycles. The fourth-order valence-corrected chi connectivity index (χ4v) is 2.35. The first kappa shape index (κ1) is 16.7. The van der Waals surface area contributed by atoms with Crippen molar-refractivity contribution in [1.29, 1.82) is 0 Å². The summed E-state index contributed by atoms with van der Waals surface area (Å²) in [7, 11) is 0. The van der Waals surface area contributed by atoms with E-state index in [0.717, 1.165) is 11.1 Å². The summed E-state index contributed by atoms with van der Waals surface area (Å²) in [5.41, 5.74) is 4.48. The van der Waals surface area contributed by atoms with Gasteiger partial charge in [0.25, 0.3) is 5.91 Å². The van der Waals surface area contributed by atoms with Gasteiger partial charge in [0, 0.05) is 12.1 Å². The first-order chi connectivity index (χ1) is 8.92. The van der Waals surface area contributed by atoms with Gasteiger partial charge >= 0.3 is 0 Å². The lowest BCUT2D eigenvalue weighted by atomic mass is 9.82. The standard InChI is InChI=1S/C18H29NO/c1-12-9-13(2)15(18(6,7)8)10-14(12)16(20)19-11-17(3,4)5/h9-10H,11H2,1-8H3,(H,19,20). The van der Waals surface area contributed by atoms with Crippen molar-refractivity contribution in [3.05, 3.63) is 34.4 Å². The molecule has 0 saturated carbocycles. The van der Waals surface area contributed by atoms with E-state index in [1.165, 1.54) is 11.1 Å². The van der Waals surface area contributed by atoms with Crippen LogP contribution >= 0.6 is 0 Å². The van der Waals surface area contributed by atoms with Gasteiger partial charge in [0.2, 0.25) is 0 Å². The van der Waals surface area contributed by atoms with Gasteiger partial charge in [-0.25, -0.2) is 0 Å². The van der Waals surface area contributed by atoms with E-state index in [0.29, 0.717) is 6.54 Å². The number of nitrogens with one attached hydrogen (secondary N) is 1. The number of hydrogen-bond acceptors (Lipinski definition) is 1. The van der Waals surface area contributed by atoms with Crippen molar-refractivity contribution >= 4 is 5.91 Å². The minimum atomic E-state index is 0.0305. The Hall–Kier alpha value is -1.31. The average Bonchev–Trinajstić information content (AvgIpc) is 2.23. The van der Waals surface area contributed by atoms with Crippen LogP contribution in [0.5, 0.6) is 0 Å². The zero-order valence-electron chi connectivity index (χ0n) is 14.3. The van der Waals surface area contributed by atoms with Crippen LogP contribution in [0.2, 0.25) is 0 Å². The molecule has 1 amide bonds. The van der Waals surface area contributed by atoms with Crippen LogP contribution in [0.15, 0.2) is 12.1 Å². The van der Waals surface area contributed by atoms with Crippen LogP contribution < -0.4 is 5.32 Å². The maximum Gasteiger partial charge on any atom is 0.251 e. The summed E-state index contributed by atoms with van der Waals surface area (Å²) in [4.78, 5) is 12.4. The number of carbonyl (C=O) groups is 1. The predicted octanol–water partition coefficient (Wildman–Crippen LogP) is 4.38. The monoisotopic (exact) mass is 275 g/mol. The van der Waals surface area contributed by atoms with Crippen LogP contribution in [0, 0.1) is 19.3 Å². The summed E-state index contributed by atoms with van der Waals surface area (Å²) in [5.74, 6) is 0.0305. The predicted molar refractivity (Wildman–Crippen MR) is 86.4 cm³/mol. The van der Waals surface area contributed by atoms with Gasteiger partial charge in [-0.2, -0.15) is 0 Å². The second kappa shape index (κ2) is 5.59. The van der Waals surface area contributed by atoms with E-state index in [1.807, 2.05) is 6.92 Å². The first-order valence-electron chi connectivity index (χ1n) is 7.32. The molecule has 0 aliphatic rings. The third-order valence-electron chi connectivity index (χ3n) is 3.40. The molecule has 0 atom stereocenters. The van der Waals surface area contributed by atoms with E-state index in [1.54, 1.807) is 0 Å². The number of amides is 1. The topological polar surface area (TPSA) is 29.1 Å². The molecule has 2 nitrogen and oxygen atoms in total. The maximum atomic E-state index is 12.4. The van der Waals surface area contributed by atoms with Gasteiger partial charge in [0.1, 0.15) is 0 Å². The highest BCUT2D eigenvalue weighted by Gasteiger charge is 2.21. The van der Waals surface area contributed by atoms with Gasteiger partial charge in [-0.1, -0.05) is 47.6 Å². The van der Waals surface area contributed by atoms with Crippen molar-refractivity contribution in [2.75, 3.05) is 6.54 Å². The smallest absolute Gasteiger partial charge is 0.251 e. The molecule has 2 heteroatoms. The van der Waals surface area contributed by atoms with Crippen molar-refractivity contribution in [1.82, 2.24) is 5.32 Å². The average molecular weight is 275 g/mol. The van der Waals surface area contributed by atoms with E-state index >= 15 is 0 Å². The number of hydrogen-bond donors (Lipinski definition) is 1. The quantitative estimate of drug-likeness (QED) is 0.852. The third-order valence-corrected chi connectivity index (χ3v) is 3.40. The Balaban J connectivity index is 3.10. The number of carbonyl (C=O) groups excluding carboxylic acids is 1. The summed E-state index contributed by atoms with van der Waals surface area (Å²) in [6, 6.07) is 4.18. The maximum absolute atomic E-state index is 12.4. The lowest BCUT2D eigenvalue weighted by molar-refractivity contribution is 0.0938. The highest BCUT2D eigenvalue weighted by molar-refractivity contribution is 5.96. The lowest BCUT2D eigenvalue weighted by Gasteiger charge is -2.24. The SMILES string of the molecule is Cc1cc(C)c(C(C)(C)C)cc1C(=O)NCC(C)(C)C. The normalized spacial score (nSPS) is 12.4. The molecule has 1 rings (SSSR count). The second-order valence-electron chi connectivity index (χ2n) is 7.98. The van der Waals surface area contributed by atoms with Gasteiger partial charge in [-0.3, -0.25) is 4.79 Å². The summed E-state index contributed by atoms with van der Waals surface area (Å²) >= 11 is 0. The van der Waals surface area contributed by atoms with Crippen molar-refractivity contribution in [2.24, 2.45) is 5.41 Å². The minimum absolute atomic E-state index is 0.0305. The van der Waals surface area contributed by atoms with Gasteiger partial charge in [-0.05, 0) is 47.4 Å². The van der Waals surface area contributed by atoms with Crippen LogP contribution in [0.4, 0.5) is 0 Å². The van der Waals surface area contributed by atoms with E-state index in [-0.39, 0.29) is 16.7 Å². The lowest BCUT2D eigenvalue weighted by Crippen LogP contribution is -2.33. The van der Waals surface area contributed by atoms with Gasteiger partial charge < -0.3 is 5.32 Å². The van der Waals surface area contributed by atoms with E-state index in [9.17, 15) is 4.79 Å². The van der Waals surface area contributed by atoms with Crippen LogP contribution in [-0.4, -0.2) is 12.5 Å². The zero-order valence-corrected chi connectivity index (χ0v) is 14.3. The number of aryl methyl sites for hydroxylation is 2. The fraction of sp³-hybridized carbons (Fsp3) is 0.611. The summed E-state index contributed by atoms with van der Waals surface area (Å²) in [6.07, 6.45) is 0. The Morgan fingerprint density at radius 2 is 1.55 bits per heavy atom. The number of rotatable bonds is 2. The third kappa shape index (κ3) is 4.36. The molecule has 0 fully saturated rings. The highest BCUT2D eigenvalue weighted by atomic mass is 16.1. The Morgan fingerprint density at radius 3 is 2.00 bits per heavy atom. The Kier molecular flexibility index (Phi) is 4.68. The fourth-order valence-electron chi connectivity index (χ4n) is 2.35. The largest absolute Gasteiger partial charge is 0.352 e. The zero-order chi connectivity index (χ0) is 15.7. The molecule has 1 aromatic rings. The van der Waals surface area contributed by atoms with Crippen molar-refractivity contribution < 1.29 is 4.79 Å². The molecular weight excluding hydrogens is 246 g/mol.